The van der Waals surface area contributed by atoms with Gasteiger partial charge in [0.15, 0.2) is 0 Å². The van der Waals surface area contributed by atoms with E-state index in [9.17, 15) is 18.0 Å². The van der Waals surface area contributed by atoms with E-state index >= 15 is 0 Å². The van der Waals surface area contributed by atoms with Gasteiger partial charge in [0.25, 0.3) is 0 Å². The van der Waals surface area contributed by atoms with Gasteiger partial charge in [-0.2, -0.15) is 0 Å². The van der Waals surface area contributed by atoms with Crippen LogP contribution in [0.5, 0.6) is 5.75 Å². The number of methoxy groups -OCH3 is 1. The van der Waals surface area contributed by atoms with Crippen LogP contribution >= 0.6 is 0 Å². The van der Waals surface area contributed by atoms with E-state index < -0.39 is 28.5 Å². The van der Waals surface area contributed by atoms with Gasteiger partial charge in [0, 0.05) is 25.6 Å². The van der Waals surface area contributed by atoms with E-state index in [2.05, 4.69) is 5.32 Å². The van der Waals surface area contributed by atoms with Gasteiger partial charge >= 0.3 is 0 Å². The molecule has 0 unspecified atom stereocenters. The van der Waals surface area contributed by atoms with Crippen LogP contribution < -0.4 is 14.4 Å². The zero-order valence-corrected chi connectivity index (χ0v) is 24.6. The smallest absolute Gasteiger partial charge is 0.244 e. The van der Waals surface area contributed by atoms with Crippen molar-refractivity contribution >= 4 is 27.5 Å². The second-order valence-electron chi connectivity index (χ2n) is 10.3. The Kier molecular flexibility index (Phi) is 10.7. The van der Waals surface area contributed by atoms with Crippen molar-refractivity contribution in [1.29, 1.82) is 0 Å². The molecule has 0 fully saturated rings. The van der Waals surface area contributed by atoms with E-state index in [1.54, 1.807) is 24.3 Å². The maximum atomic E-state index is 14.1. The number of ether oxygens (including phenoxy) is 1. The third kappa shape index (κ3) is 8.58. The van der Waals surface area contributed by atoms with E-state index in [1.165, 1.54) is 12.0 Å². The molecule has 0 spiro atoms. The van der Waals surface area contributed by atoms with Crippen molar-refractivity contribution in [3.8, 4) is 5.75 Å². The van der Waals surface area contributed by atoms with Crippen LogP contribution in [0.2, 0.25) is 0 Å². The highest BCUT2D eigenvalue weighted by Gasteiger charge is 2.33. The Morgan fingerprint density at radius 3 is 2.25 bits per heavy atom. The van der Waals surface area contributed by atoms with Gasteiger partial charge in [0.1, 0.15) is 18.3 Å². The second-order valence-corrected chi connectivity index (χ2v) is 12.2. The fourth-order valence-electron chi connectivity index (χ4n) is 4.33. The number of aryl methyl sites for hydroxylation is 1. The van der Waals surface area contributed by atoms with Gasteiger partial charge in [-0.05, 0) is 41.7 Å². The van der Waals surface area contributed by atoms with Crippen molar-refractivity contribution in [2.75, 3.05) is 30.8 Å². The van der Waals surface area contributed by atoms with Crippen LogP contribution in [-0.2, 0) is 32.6 Å². The van der Waals surface area contributed by atoms with Gasteiger partial charge < -0.3 is 15.0 Å². The van der Waals surface area contributed by atoms with E-state index in [-0.39, 0.29) is 24.8 Å². The maximum absolute atomic E-state index is 14.1. The Morgan fingerprint density at radius 1 is 0.950 bits per heavy atom. The van der Waals surface area contributed by atoms with Gasteiger partial charge in [0.05, 0.1) is 19.1 Å². The van der Waals surface area contributed by atoms with Crippen molar-refractivity contribution in [3.63, 3.8) is 0 Å². The number of rotatable bonds is 13. The summed E-state index contributed by atoms with van der Waals surface area (Å²) in [5.74, 6) is -0.0927. The highest BCUT2D eigenvalue weighted by Crippen LogP contribution is 2.24. The summed E-state index contributed by atoms with van der Waals surface area (Å²) in [4.78, 5) is 29.3. The molecule has 40 heavy (non-hydrogen) atoms. The van der Waals surface area contributed by atoms with Crippen molar-refractivity contribution < 1.29 is 22.7 Å². The first kappa shape index (κ1) is 30.7. The number of hydrogen-bond donors (Lipinski definition) is 1. The van der Waals surface area contributed by atoms with Crippen LogP contribution in [0.4, 0.5) is 5.69 Å². The van der Waals surface area contributed by atoms with Crippen LogP contribution in [0.15, 0.2) is 78.9 Å². The van der Waals surface area contributed by atoms with E-state index in [4.69, 9.17) is 4.74 Å². The summed E-state index contributed by atoms with van der Waals surface area (Å²) in [7, 11) is -2.36. The summed E-state index contributed by atoms with van der Waals surface area (Å²) >= 11 is 0. The van der Waals surface area contributed by atoms with Crippen molar-refractivity contribution in [2.24, 2.45) is 5.92 Å². The quantitative estimate of drug-likeness (QED) is 0.336. The molecule has 8 nitrogen and oxygen atoms in total. The van der Waals surface area contributed by atoms with Gasteiger partial charge in [0.2, 0.25) is 21.8 Å². The minimum atomic E-state index is -3.85. The van der Waals surface area contributed by atoms with E-state index in [0.29, 0.717) is 18.0 Å². The molecular formula is C31H39N3O5S. The van der Waals surface area contributed by atoms with Crippen LogP contribution in [-0.4, -0.2) is 57.6 Å². The number of carbonyl (C=O) groups excluding carboxylic acids is 2. The molecule has 9 heteroatoms. The lowest BCUT2D eigenvalue weighted by atomic mass is 10.0. The molecule has 0 saturated heterocycles. The van der Waals surface area contributed by atoms with Crippen LogP contribution in [0.25, 0.3) is 0 Å². The molecule has 0 saturated carbocycles. The van der Waals surface area contributed by atoms with Gasteiger partial charge in [-0.15, -0.1) is 0 Å². The molecular weight excluding hydrogens is 526 g/mol. The van der Waals surface area contributed by atoms with Crippen LogP contribution in [0.1, 0.15) is 30.5 Å². The van der Waals surface area contributed by atoms with Crippen molar-refractivity contribution in [2.45, 2.75) is 39.8 Å². The van der Waals surface area contributed by atoms with Crippen LogP contribution in [0, 0.1) is 12.8 Å². The minimum absolute atomic E-state index is 0.147. The largest absolute Gasteiger partial charge is 0.497 e. The Morgan fingerprint density at radius 2 is 1.62 bits per heavy atom. The molecule has 3 rings (SSSR count). The third-order valence-electron chi connectivity index (χ3n) is 6.58. The Balaban J connectivity index is 2.06. The highest BCUT2D eigenvalue weighted by molar-refractivity contribution is 7.92. The third-order valence-corrected chi connectivity index (χ3v) is 7.72. The van der Waals surface area contributed by atoms with Crippen molar-refractivity contribution in [1.82, 2.24) is 10.2 Å². The fraction of sp³-hybridized carbons (Fsp3) is 0.355. The highest BCUT2D eigenvalue weighted by atomic mass is 32.2. The molecule has 2 amide bonds. The zero-order valence-electron chi connectivity index (χ0n) is 23.8. The molecule has 0 aliphatic carbocycles. The molecule has 214 valence electrons. The molecule has 0 aliphatic heterocycles. The number of amides is 2. The van der Waals surface area contributed by atoms with Crippen molar-refractivity contribution in [3.05, 3.63) is 95.6 Å². The molecule has 1 N–H and O–H groups in total. The number of benzene rings is 3. The predicted molar refractivity (Wildman–Crippen MR) is 159 cm³/mol. The molecule has 1 atom stereocenters. The topological polar surface area (TPSA) is 96.0 Å². The summed E-state index contributed by atoms with van der Waals surface area (Å²) in [6, 6.07) is 22.8. The number of sulfonamides is 1. The molecule has 3 aromatic rings. The number of anilines is 1. The summed E-state index contributed by atoms with van der Waals surface area (Å²) < 4.78 is 32.1. The molecule has 0 aromatic heterocycles. The minimum Gasteiger partial charge on any atom is -0.497 e. The standard InChI is InChI=1S/C31H39N3O5S/c1-23(2)20-32-31(36)29(18-25-13-7-6-8-14-25)33(21-26-15-10-9-12-24(26)3)30(35)22-34(40(5,37)38)27-16-11-17-28(19-27)39-4/h6-17,19,23,29H,18,20-22H2,1-5H3,(H,32,36)/t29-/m1/s1. The second kappa shape index (κ2) is 14.0. The Bertz CT molecular complexity index is 1390. The van der Waals surface area contributed by atoms with Gasteiger partial charge in [-0.1, -0.05) is 74.5 Å². The monoisotopic (exact) mass is 565 g/mol. The molecule has 3 aromatic carbocycles. The lowest BCUT2D eigenvalue weighted by molar-refractivity contribution is -0.140. The summed E-state index contributed by atoms with van der Waals surface area (Å²) in [6.07, 6.45) is 1.34. The van der Waals surface area contributed by atoms with Gasteiger partial charge in [-0.25, -0.2) is 8.42 Å². The Hall–Kier alpha value is -3.85. The lowest BCUT2D eigenvalue weighted by Crippen LogP contribution is -2.53. The summed E-state index contributed by atoms with van der Waals surface area (Å²) in [6.45, 7) is 6.08. The fourth-order valence-corrected chi connectivity index (χ4v) is 5.17. The summed E-state index contributed by atoms with van der Waals surface area (Å²) in [5.41, 5.74) is 3.03. The first-order valence-electron chi connectivity index (χ1n) is 13.3. The number of nitrogens with zero attached hydrogens (tertiary/aromatic N) is 2. The Labute approximate surface area is 238 Å². The summed E-state index contributed by atoms with van der Waals surface area (Å²) in [5, 5.41) is 2.99. The maximum Gasteiger partial charge on any atom is 0.244 e. The normalized spacial score (nSPS) is 12.1. The average Bonchev–Trinajstić information content (AvgIpc) is 2.93. The molecule has 0 bridgehead atoms. The first-order chi connectivity index (χ1) is 19.0. The van der Waals surface area contributed by atoms with Gasteiger partial charge in [-0.3, -0.25) is 13.9 Å². The molecule has 0 aliphatic rings. The molecule has 0 heterocycles. The number of nitrogens with one attached hydrogen (secondary N) is 1. The predicted octanol–water partition coefficient (Wildman–Crippen LogP) is 4.18. The lowest BCUT2D eigenvalue weighted by Gasteiger charge is -2.34. The number of carbonyl (C=O) groups is 2. The first-order valence-corrected chi connectivity index (χ1v) is 15.1. The zero-order chi connectivity index (χ0) is 29.3. The SMILES string of the molecule is COc1cccc(N(CC(=O)N(Cc2ccccc2C)[C@H](Cc2ccccc2)C(=O)NCC(C)C)S(C)(=O)=O)c1. The van der Waals surface area contributed by atoms with E-state index in [0.717, 1.165) is 27.3 Å². The molecule has 0 radical (unpaired) electrons. The average molecular weight is 566 g/mol. The number of hydrogen-bond acceptors (Lipinski definition) is 5. The van der Waals surface area contributed by atoms with Crippen LogP contribution in [0.3, 0.4) is 0 Å². The van der Waals surface area contributed by atoms with E-state index in [1.807, 2.05) is 75.4 Å².